The lowest BCUT2D eigenvalue weighted by Crippen LogP contribution is -2.29. The summed E-state index contributed by atoms with van der Waals surface area (Å²) in [7, 11) is 0. The van der Waals surface area contributed by atoms with Gasteiger partial charge in [-0.2, -0.15) is 10.2 Å². The number of fused-ring (bicyclic) bond motifs is 1. The molecule has 132 valence electrons. The number of hydrazone groups is 1. The zero-order valence-electron chi connectivity index (χ0n) is 14.6. The van der Waals surface area contributed by atoms with E-state index in [4.69, 9.17) is 0 Å². The molecule has 1 aromatic heterocycles. The van der Waals surface area contributed by atoms with Crippen molar-refractivity contribution in [3.63, 3.8) is 0 Å². The highest BCUT2D eigenvalue weighted by Crippen LogP contribution is 2.16. The average molecular weight is 340 g/mol. The molecule has 0 unspecified atom stereocenters. The maximum Gasteiger partial charge on any atom is 0.292 e. The molecule has 1 saturated carbocycles. The number of hydrogen-bond donors (Lipinski definition) is 1. The fourth-order valence-electron chi connectivity index (χ4n) is 3.23. The van der Waals surface area contributed by atoms with E-state index in [0.29, 0.717) is 17.3 Å². The van der Waals surface area contributed by atoms with Gasteiger partial charge in [-0.1, -0.05) is 37.5 Å². The molecule has 1 amide bonds. The van der Waals surface area contributed by atoms with Gasteiger partial charge in [-0.3, -0.25) is 9.59 Å². The van der Waals surface area contributed by atoms with Gasteiger partial charge in [0.25, 0.3) is 11.5 Å². The lowest BCUT2D eigenvalue weighted by atomic mass is 9.99. The van der Waals surface area contributed by atoms with Crippen LogP contribution >= 0.6 is 0 Å². The summed E-state index contributed by atoms with van der Waals surface area (Å²) in [6, 6.07) is 7.07. The van der Waals surface area contributed by atoms with Crippen LogP contribution in [-0.4, -0.2) is 21.4 Å². The molecule has 25 heavy (non-hydrogen) atoms. The van der Waals surface area contributed by atoms with Crippen LogP contribution in [-0.2, 0) is 6.54 Å². The highest BCUT2D eigenvalue weighted by atomic mass is 16.2. The van der Waals surface area contributed by atoms with Crippen LogP contribution in [0.15, 0.2) is 34.2 Å². The van der Waals surface area contributed by atoms with Crippen molar-refractivity contribution >= 4 is 22.4 Å². The average Bonchev–Trinajstić information content (AvgIpc) is 2.61. The maximum atomic E-state index is 12.6. The third kappa shape index (κ3) is 3.95. The minimum atomic E-state index is -0.368. The summed E-state index contributed by atoms with van der Waals surface area (Å²) in [5.74, 6) is -0.368. The minimum absolute atomic E-state index is 0.180. The molecule has 2 aromatic rings. The Morgan fingerprint density at radius 2 is 1.76 bits per heavy atom. The van der Waals surface area contributed by atoms with Gasteiger partial charge in [-0.05, 0) is 38.7 Å². The fourth-order valence-corrected chi connectivity index (χ4v) is 3.23. The summed E-state index contributed by atoms with van der Waals surface area (Å²) in [4.78, 5) is 25.0. The van der Waals surface area contributed by atoms with Gasteiger partial charge in [-0.25, -0.2) is 10.1 Å². The summed E-state index contributed by atoms with van der Waals surface area (Å²) >= 11 is 0. The van der Waals surface area contributed by atoms with Gasteiger partial charge in [0.15, 0.2) is 5.69 Å². The monoisotopic (exact) mass is 340 g/mol. The first-order valence-electron chi connectivity index (χ1n) is 9.06. The molecule has 1 aromatic carbocycles. The van der Waals surface area contributed by atoms with E-state index < -0.39 is 0 Å². The maximum absolute atomic E-state index is 12.6. The Morgan fingerprint density at radius 1 is 1.12 bits per heavy atom. The van der Waals surface area contributed by atoms with Crippen LogP contribution in [0.1, 0.15) is 62.4 Å². The number of aromatic nitrogens is 2. The molecule has 6 nitrogen and oxygen atoms in total. The molecule has 1 heterocycles. The fraction of sp³-hybridized carbons (Fsp3) is 0.474. The van der Waals surface area contributed by atoms with Gasteiger partial charge >= 0.3 is 0 Å². The van der Waals surface area contributed by atoms with E-state index in [-0.39, 0.29) is 17.2 Å². The number of carbonyl (C=O) groups excluding carboxylic acids is 1. The predicted molar refractivity (Wildman–Crippen MR) is 98.9 cm³/mol. The SMILES string of the molecule is CCn1nc(C(=O)NN=C2CCCCCCC2)c2ccccc2c1=O. The second-order valence-corrected chi connectivity index (χ2v) is 6.40. The lowest BCUT2D eigenvalue weighted by Gasteiger charge is -2.12. The molecule has 1 fully saturated rings. The summed E-state index contributed by atoms with van der Waals surface area (Å²) < 4.78 is 1.32. The number of nitrogens with zero attached hydrogens (tertiary/aromatic N) is 3. The Kier molecular flexibility index (Phi) is 5.58. The van der Waals surface area contributed by atoms with Crippen molar-refractivity contribution in [1.82, 2.24) is 15.2 Å². The standard InChI is InChI=1S/C19H24N4O2/c1-2-23-19(25)16-13-9-8-12-15(16)17(22-23)18(24)21-20-14-10-6-4-3-5-7-11-14/h8-9,12-13H,2-7,10-11H2,1H3,(H,21,24). The number of nitrogens with one attached hydrogen (secondary N) is 1. The van der Waals surface area contributed by atoms with Crippen molar-refractivity contribution in [2.45, 2.75) is 58.4 Å². The van der Waals surface area contributed by atoms with E-state index in [1.165, 1.54) is 23.9 Å². The van der Waals surface area contributed by atoms with E-state index in [1.807, 2.05) is 6.92 Å². The molecule has 1 aliphatic rings. The van der Waals surface area contributed by atoms with E-state index in [9.17, 15) is 9.59 Å². The number of rotatable bonds is 3. The van der Waals surface area contributed by atoms with E-state index in [2.05, 4.69) is 15.6 Å². The predicted octanol–water partition coefficient (Wildman–Crippen LogP) is 3.25. The van der Waals surface area contributed by atoms with Gasteiger partial charge in [0.2, 0.25) is 0 Å². The van der Waals surface area contributed by atoms with E-state index in [1.54, 1.807) is 24.3 Å². The molecule has 0 radical (unpaired) electrons. The van der Waals surface area contributed by atoms with Crippen molar-refractivity contribution in [2.75, 3.05) is 0 Å². The summed E-state index contributed by atoms with van der Waals surface area (Å²) in [5.41, 5.74) is 3.76. The highest BCUT2D eigenvalue weighted by Gasteiger charge is 2.16. The first-order valence-corrected chi connectivity index (χ1v) is 9.06. The van der Waals surface area contributed by atoms with Crippen LogP contribution in [0.3, 0.4) is 0 Å². The second-order valence-electron chi connectivity index (χ2n) is 6.40. The van der Waals surface area contributed by atoms with E-state index in [0.717, 1.165) is 31.4 Å². The minimum Gasteiger partial charge on any atom is -0.267 e. The van der Waals surface area contributed by atoms with Gasteiger partial charge in [-0.15, -0.1) is 0 Å². The molecule has 3 rings (SSSR count). The van der Waals surface area contributed by atoms with Crippen molar-refractivity contribution in [3.8, 4) is 0 Å². The van der Waals surface area contributed by atoms with Crippen LogP contribution in [0.25, 0.3) is 10.8 Å². The Bertz CT molecular complexity index is 844. The quantitative estimate of drug-likeness (QED) is 0.871. The molecule has 6 heteroatoms. The first kappa shape index (κ1) is 17.3. The molecule has 0 aliphatic heterocycles. The van der Waals surface area contributed by atoms with Crippen LogP contribution in [0, 0.1) is 0 Å². The molecular weight excluding hydrogens is 316 g/mol. The second kappa shape index (κ2) is 8.05. The van der Waals surface area contributed by atoms with Crippen LogP contribution in [0.2, 0.25) is 0 Å². The molecule has 0 spiro atoms. The molecule has 1 aliphatic carbocycles. The molecule has 0 saturated heterocycles. The highest BCUT2D eigenvalue weighted by molar-refractivity contribution is 6.05. The number of amides is 1. The van der Waals surface area contributed by atoms with Crippen molar-refractivity contribution in [3.05, 3.63) is 40.3 Å². The summed E-state index contributed by atoms with van der Waals surface area (Å²) in [5, 5.41) is 9.64. The van der Waals surface area contributed by atoms with Gasteiger partial charge in [0.1, 0.15) is 0 Å². The summed E-state index contributed by atoms with van der Waals surface area (Å²) in [6.45, 7) is 2.25. The van der Waals surface area contributed by atoms with Gasteiger partial charge in [0, 0.05) is 17.6 Å². The van der Waals surface area contributed by atoms with Crippen molar-refractivity contribution in [2.24, 2.45) is 5.10 Å². The first-order chi connectivity index (χ1) is 12.2. The Morgan fingerprint density at radius 3 is 2.44 bits per heavy atom. The van der Waals surface area contributed by atoms with Crippen LogP contribution in [0.5, 0.6) is 0 Å². The van der Waals surface area contributed by atoms with Crippen LogP contribution < -0.4 is 11.0 Å². The zero-order valence-corrected chi connectivity index (χ0v) is 14.6. The Labute approximate surface area is 146 Å². The Balaban J connectivity index is 1.89. The zero-order chi connectivity index (χ0) is 17.6. The smallest absolute Gasteiger partial charge is 0.267 e. The van der Waals surface area contributed by atoms with Gasteiger partial charge in [0.05, 0.1) is 5.39 Å². The number of carbonyl (C=O) groups is 1. The third-order valence-electron chi connectivity index (χ3n) is 4.63. The topological polar surface area (TPSA) is 76.3 Å². The molecular formula is C19H24N4O2. The summed E-state index contributed by atoms with van der Waals surface area (Å²) in [6.07, 6.45) is 7.84. The van der Waals surface area contributed by atoms with Crippen molar-refractivity contribution < 1.29 is 4.79 Å². The lowest BCUT2D eigenvalue weighted by molar-refractivity contribution is 0.0949. The van der Waals surface area contributed by atoms with Crippen LogP contribution in [0.4, 0.5) is 0 Å². The third-order valence-corrected chi connectivity index (χ3v) is 4.63. The normalized spacial score (nSPS) is 15.5. The molecule has 0 atom stereocenters. The molecule has 1 N–H and O–H groups in total. The molecule has 0 bridgehead atoms. The Hall–Kier alpha value is -2.50. The number of aryl methyl sites for hydroxylation is 1. The number of benzene rings is 1. The van der Waals surface area contributed by atoms with Crippen molar-refractivity contribution in [1.29, 1.82) is 0 Å². The largest absolute Gasteiger partial charge is 0.292 e. The van der Waals surface area contributed by atoms with Gasteiger partial charge < -0.3 is 0 Å². The van der Waals surface area contributed by atoms with E-state index >= 15 is 0 Å². The number of hydrogen-bond acceptors (Lipinski definition) is 4.